The topological polar surface area (TPSA) is 142 Å². The number of ether oxygens (including phenoxy) is 2. The van der Waals surface area contributed by atoms with Crippen LogP contribution >= 0.6 is 0 Å². The van der Waals surface area contributed by atoms with Crippen molar-refractivity contribution in [3.8, 4) is 0 Å². The molecule has 6 atom stereocenters. The minimum absolute atomic E-state index is 0.0571. The summed E-state index contributed by atoms with van der Waals surface area (Å²) in [6, 6.07) is -1.32. The van der Waals surface area contributed by atoms with Gasteiger partial charge in [-0.15, -0.1) is 0 Å². The summed E-state index contributed by atoms with van der Waals surface area (Å²) in [5.74, 6) is -1.78. The number of halogens is 1. The number of rotatable bonds is 9. The highest BCUT2D eigenvalue weighted by atomic mass is 19.1. The average Bonchev–Trinajstić information content (AvgIpc) is 2.92. The fourth-order valence-corrected chi connectivity index (χ4v) is 3.49. The summed E-state index contributed by atoms with van der Waals surface area (Å²) in [7, 11) is 0. The summed E-state index contributed by atoms with van der Waals surface area (Å²) in [5.41, 5.74) is 0. The Morgan fingerprint density at radius 1 is 1.27 bits per heavy atom. The number of likely N-dealkylation sites (tertiary alicyclic amines) is 1. The van der Waals surface area contributed by atoms with Gasteiger partial charge in [0.15, 0.2) is 12.5 Å². The molecule has 2 saturated heterocycles. The van der Waals surface area contributed by atoms with Crippen molar-refractivity contribution in [2.45, 2.75) is 76.7 Å². The molecule has 0 aromatic carbocycles. The monoisotopic (exact) mass is 432 g/mol. The van der Waals surface area contributed by atoms with E-state index < -0.39 is 49.2 Å². The molecule has 2 aliphatic heterocycles. The van der Waals surface area contributed by atoms with Crippen LogP contribution in [-0.4, -0.2) is 82.7 Å². The van der Waals surface area contributed by atoms with Gasteiger partial charge in [-0.1, -0.05) is 13.3 Å². The zero-order valence-electron chi connectivity index (χ0n) is 17.1. The van der Waals surface area contributed by atoms with Crippen LogP contribution in [0.25, 0.3) is 0 Å². The van der Waals surface area contributed by atoms with E-state index in [1.165, 1.54) is 4.90 Å². The van der Waals surface area contributed by atoms with Gasteiger partial charge in [0.05, 0.1) is 0 Å². The number of nitrogens with one attached hydrogen (secondary N) is 1. The number of aliphatic hydroxyl groups excluding tert-OH is 2. The number of nitrogens with zero attached hydrogens (tertiary/aromatic N) is 1. The third-order valence-electron chi connectivity index (χ3n) is 5.18. The van der Waals surface area contributed by atoms with Crippen LogP contribution in [0, 0.1) is 5.92 Å². The molecule has 0 aromatic rings. The third-order valence-corrected chi connectivity index (χ3v) is 5.18. The number of amides is 3. The number of hydrogen-bond donors (Lipinski definition) is 3. The van der Waals surface area contributed by atoms with Crippen LogP contribution in [0.15, 0.2) is 0 Å². The number of carbonyl (C=O) groups is 4. The van der Waals surface area contributed by atoms with Gasteiger partial charge in [0.2, 0.25) is 17.7 Å². The van der Waals surface area contributed by atoms with Crippen molar-refractivity contribution in [3.63, 3.8) is 0 Å². The van der Waals surface area contributed by atoms with Crippen LogP contribution < -0.4 is 5.32 Å². The lowest BCUT2D eigenvalue weighted by molar-refractivity contribution is -0.242. The number of esters is 1. The summed E-state index contributed by atoms with van der Waals surface area (Å²) in [5, 5.41) is 22.0. The summed E-state index contributed by atoms with van der Waals surface area (Å²) >= 11 is 0. The van der Waals surface area contributed by atoms with E-state index in [4.69, 9.17) is 9.47 Å². The lowest BCUT2D eigenvalue weighted by Gasteiger charge is -2.39. The highest BCUT2D eigenvalue weighted by Gasteiger charge is 2.46. The van der Waals surface area contributed by atoms with Gasteiger partial charge in [-0.3, -0.25) is 24.1 Å². The molecule has 0 bridgehead atoms. The SMILES string of the molecule is CC(=O)N[C@H]1C(O)O[C@H](COC(=O)CCCCCN2C(=O)CC(C)C2=O)[C@@H](F)[C@@H]1O. The lowest BCUT2D eigenvalue weighted by atomic mass is 9.98. The first-order chi connectivity index (χ1) is 14.1. The summed E-state index contributed by atoms with van der Waals surface area (Å²) in [6.45, 7) is 2.70. The minimum Gasteiger partial charge on any atom is -0.463 e. The molecule has 0 aliphatic carbocycles. The highest BCUT2D eigenvalue weighted by Crippen LogP contribution is 2.23. The molecular formula is C19H29FN2O8. The molecule has 2 unspecified atom stereocenters. The molecule has 0 radical (unpaired) electrons. The lowest BCUT2D eigenvalue weighted by Crippen LogP contribution is -2.62. The number of aliphatic hydroxyl groups is 2. The van der Waals surface area contributed by atoms with Crippen molar-refractivity contribution < 1.29 is 43.3 Å². The molecule has 170 valence electrons. The predicted octanol–water partition coefficient (Wildman–Crippen LogP) is -0.594. The number of carbonyl (C=O) groups excluding carboxylic acids is 4. The molecule has 3 amide bonds. The summed E-state index contributed by atoms with van der Waals surface area (Å²) in [6.07, 6.45) is -4.75. The number of imide groups is 1. The molecule has 0 saturated carbocycles. The van der Waals surface area contributed by atoms with Crippen LogP contribution in [0.2, 0.25) is 0 Å². The molecule has 3 N–H and O–H groups in total. The van der Waals surface area contributed by atoms with E-state index in [0.29, 0.717) is 25.8 Å². The molecule has 30 heavy (non-hydrogen) atoms. The van der Waals surface area contributed by atoms with Gasteiger partial charge in [0.25, 0.3) is 0 Å². The smallest absolute Gasteiger partial charge is 0.305 e. The molecule has 0 aromatic heterocycles. The number of hydrogen-bond acceptors (Lipinski definition) is 8. The molecule has 2 aliphatic rings. The zero-order chi connectivity index (χ0) is 22.4. The maximum absolute atomic E-state index is 14.3. The second-order valence-corrected chi connectivity index (χ2v) is 7.71. The Balaban J connectivity index is 1.64. The first-order valence-corrected chi connectivity index (χ1v) is 10.0. The van der Waals surface area contributed by atoms with E-state index in [9.17, 15) is 33.8 Å². The van der Waals surface area contributed by atoms with Crippen molar-refractivity contribution in [1.29, 1.82) is 0 Å². The van der Waals surface area contributed by atoms with E-state index in [2.05, 4.69) is 5.32 Å². The van der Waals surface area contributed by atoms with E-state index in [1.807, 2.05) is 0 Å². The molecule has 2 fully saturated rings. The fourth-order valence-electron chi connectivity index (χ4n) is 3.49. The average molecular weight is 432 g/mol. The zero-order valence-corrected chi connectivity index (χ0v) is 17.1. The second kappa shape index (κ2) is 10.8. The Labute approximate surface area is 173 Å². The third kappa shape index (κ3) is 6.19. The molecule has 11 heteroatoms. The molecule has 2 heterocycles. The van der Waals surface area contributed by atoms with E-state index in [-0.39, 0.29) is 30.6 Å². The van der Waals surface area contributed by atoms with E-state index in [1.54, 1.807) is 6.92 Å². The maximum atomic E-state index is 14.3. The van der Waals surface area contributed by atoms with Crippen molar-refractivity contribution in [1.82, 2.24) is 10.2 Å². The Bertz CT molecular complexity index is 660. The fraction of sp³-hybridized carbons (Fsp3) is 0.789. The minimum atomic E-state index is -1.96. The Morgan fingerprint density at radius 2 is 1.97 bits per heavy atom. The maximum Gasteiger partial charge on any atom is 0.305 e. The van der Waals surface area contributed by atoms with Crippen LogP contribution in [0.3, 0.4) is 0 Å². The van der Waals surface area contributed by atoms with Crippen LogP contribution in [-0.2, 0) is 28.7 Å². The van der Waals surface area contributed by atoms with Crippen molar-refractivity contribution >= 4 is 23.7 Å². The van der Waals surface area contributed by atoms with Gasteiger partial charge >= 0.3 is 5.97 Å². The largest absolute Gasteiger partial charge is 0.463 e. The molecular weight excluding hydrogens is 403 g/mol. The van der Waals surface area contributed by atoms with Crippen LogP contribution in [0.1, 0.15) is 46.0 Å². The first-order valence-electron chi connectivity index (χ1n) is 10.0. The summed E-state index contributed by atoms with van der Waals surface area (Å²) < 4.78 is 24.3. The van der Waals surface area contributed by atoms with Crippen molar-refractivity contribution in [2.75, 3.05) is 13.2 Å². The van der Waals surface area contributed by atoms with Gasteiger partial charge in [-0.05, 0) is 12.8 Å². The van der Waals surface area contributed by atoms with Gasteiger partial charge in [0, 0.05) is 32.2 Å². The van der Waals surface area contributed by atoms with E-state index >= 15 is 0 Å². The predicted molar refractivity (Wildman–Crippen MR) is 99.3 cm³/mol. The standard InChI is InChI=1S/C19H29FN2O8/c1-10-8-13(24)22(18(10)27)7-5-3-4-6-14(25)29-9-12-15(20)17(26)16(19(28)30-12)21-11(2)23/h10,12,15-17,19,26,28H,3-9H2,1-2H3,(H,21,23)/t10?,12-,15-,16-,17+,19?/m1/s1. The summed E-state index contributed by atoms with van der Waals surface area (Å²) in [4.78, 5) is 47.6. The van der Waals surface area contributed by atoms with E-state index in [0.717, 1.165) is 6.92 Å². The Kier molecular flexibility index (Phi) is 8.68. The number of unbranched alkanes of at least 4 members (excludes halogenated alkanes) is 2. The first kappa shape index (κ1) is 24.2. The van der Waals surface area contributed by atoms with Crippen molar-refractivity contribution in [2.24, 2.45) is 5.92 Å². The molecule has 0 spiro atoms. The Hall–Kier alpha value is -2.11. The second-order valence-electron chi connectivity index (χ2n) is 7.71. The van der Waals surface area contributed by atoms with Crippen LogP contribution in [0.4, 0.5) is 4.39 Å². The van der Waals surface area contributed by atoms with Gasteiger partial charge < -0.3 is 25.0 Å². The van der Waals surface area contributed by atoms with Crippen molar-refractivity contribution in [3.05, 3.63) is 0 Å². The quantitative estimate of drug-likeness (QED) is 0.249. The molecule has 2 rings (SSSR count). The van der Waals surface area contributed by atoms with Gasteiger partial charge in [-0.2, -0.15) is 0 Å². The normalized spacial score (nSPS) is 31.7. The van der Waals surface area contributed by atoms with Gasteiger partial charge in [-0.25, -0.2) is 4.39 Å². The number of alkyl halides is 1. The Morgan fingerprint density at radius 3 is 2.57 bits per heavy atom. The molecule has 10 nitrogen and oxygen atoms in total. The highest BCUT2D eigenvalue weighted by molar-refractivity contribution is 6.03. The van der Waals surface area contributed by atoms with Crippen LogP contribution in [0.5, 0.6) is 0 Å². The van der Waals surface area contributed by atoms with Gasteiger partial charge in [0.1, 0.15) is 24.9 Å².